The molecular weight excluding hydrogens is 512 g/mol. The fourth-order valence-corrected chi connectivity index (χ4v) is 5.98. The minimum atomic E-state index is -0.267. The number of fused-ring (bicyclic) bond motifs is 2. The molecule has 3 aliphatic rings. The molecule has 3 atom stereocenters. The zero-order valence-electron chi connectivity index (χ0n) is 23.3. The van der Waals surface area contributed by atoms with Gasteiger partial charge in [0.15, 0.2) is 0 Å². The summed E-state index contributed by atoms with van der Waals surface area (Å²) in [5, 5.41) is 5.97. The molecule has 7 nitrogen and oxygen atoms in total. The third-order valence-corrected chi connectivity index (χ3v) is 8.48. The molecule has 2 aliphatic heterocycles. The van der Waals surface area contributed by atoms with Crippen molar-refractivity contribution in [3.63, 3.8) is 0 Å². The number of nitrogens with one attached hydrogen (secondary N) is 2. The lowest BCUT2D eigenvalue weighted by Crippen LogP contribution is -2.37. The minimum absolute atomic E-state index is 0.0126. The molecule has 1 unspecified atom stereocenters. The van der Waals surface area contributed by atoms with Gasteiger partial charge in [-0.25, -0.2) is 0 Å². The van der Waals surface area contributed by atoms with Gasteiger partial charge < -0.3 is 21.1 Å². The number of hydrogen-bond donors (Lipinski definition) is 3. The van der Waals surface area contributed by atoms with Crippen LogP contribution in [0.25, 0.3) is 6.08 Å². The summed E-state index contributed by atoms with van der Waals surface area (Å²) in [4.78, 5) is 28.5. The van der Waals surface area contributed by atoms with E-state index in [4.69, 9.17) is 10.5 Å². The largest absolute Gasteiger partial charge is 0.397 e. The zero-order valence-corrected chi connectivity index (χ0v) is 23.3. The predicted octanol–water partition coefficient (Wildman–Crippen LogP) is 5.77. The number of carbonyl (C=O) groups excluding carboxylic acids is 2. The van der Waals surface area contributed by atoms with Gasteiger partial charge in [0.25, 0.3) is 0 Å². The number of nitrogen functional groups attached to an aromatic ring is 1. The van der Waals surface area contributed by atoms with Crippen LogP contribution in [0.5, 0.6) is 0 Å². The van der Waals surface area contributed by atoms with Gasteiger partial charge in [0, 0.05) is 24.4 Å². The third-order valence-electron chi connectivity index (χ3n) is 8.48. The molecule has 1 aliphatic carbocycles. The number of nitrogens with two attached hydrogens (primary N) is 1. The van der Waals surface area contributed by atoms with E-state index in [1.165, 1.54) is 24.5 Å². The van der Waals surface area contributed by atoms with Gasteiger partial charge in [-0.05, 0) is 91.6 Å². The van der Waals surface area contributed by atoms with Crippen molar-refractivity contribution in [1.82, 2.24) is 4.90 Å². The van der Waals surface area contributed by atoms with Gasteiger partial charge in [-0.1, -0.05) is 48.5 Å². The average Bonchev–Trinajstić information content (AvgIpc) is 3.62. The van der Waals surface area contributed by atoms with Gasteiger partial charge in [-0.3, -0.25) is 14.5 Å². The zero-order chi connectivity index (χ0) is 28.2. The summed E-state index contributed by atoms with van der Waals surface area (Å²) in [6.07, 6.45) is 8.98. The number of rotatable bonds is 11. The van der Waals surface area contributed by atoms with E-state index in [0.717, 1.165) is 55.8 Å². The summed E-state index contributed by atoms with van der Waals surface area (Å²) >= 11 is 0. The molecule has 3 aromatic rings. The number of morpholine rings is 1. The molecule has 2 bridgehead atoms. The molecule has 1 saturated carbocycles. The van der Waals surface area contributed by atoms with Gasteiger partial charge in [0.05, 0.1) is 30.0 Å². The molecule has 41 heavy (non-hydrogen) atoms. The molecule has 6 rings (SSSR count). The van der Waals surface area contributed by atoms with Crippen molar-refractivity contribution in [2.75, 3.05) is 36.1 Å². The van der Waals surface area contributed by atoms with E-state index >= 15 is 0 Å². The van der Waals surface area contributed by atoms with E-state index in [-0.39, 0.29) is 17.7 Å². The molecule has 2 saturated heterocycles. The van der Waals surface area contributed by atoms with Crippen LogP contribution in [0, 0.1) is 0 Å². The van der Waals surface area contributed by atoms with Crippen LogP contribution >= 0.6 is 0 Å². The summed E-state index contributed by atoms with van der Waals surface area (Å²) in [6, 6.07) is 23.9. The summed E-state index contributed by atoms with van der Waals surface area (Å²) in [5.41, 5.74) is 11.1. The van der Waals surface area contributed by atoms with E-state index in [0.29, 0.717) is 29.4 Å². The Bertz CT molecular complexity index is 1400. The molecule has 7 heteroatoms. The van der Waals surface area contributed by atoms with Crippen LogP contribution in [0.1, 0.15) is 60.6 Å². The van der Waals surface area contributed by atoms with Crippen molar-refractivity contribution >= 4 is 35.0 Å². The molecule has 0 spiro atoms. The van der Waals surface area contributed by atoms with Crippen LogP contribution in [0.4, 0.5) is 17.1 Å². The minimum Gasteiger partial charge on any atom is -0.397 e. The molecule has 3 aromatic carbocycles. The first kappa shape index (κ1) is 27.2. The lowest BCUT2D eigenvalue weighted by Gasteiger charge is -2.27. The number of likely N-dealkylation sites (tertiary alicyclic amines) is 1. The number of benzene rings is 3. The van der Waals surface area contributed by atoms with E-state index in [1.54, 1.807) is 18.2 Å². The normalized spacial score (nSPS) is 20.8. The lowest BCUT2D eigenvalue weighted by molar-refractivity contribution is -0.117. The average molecular weight is 551 g/mol. The molecule has 212 valence electrons. The Morgan fingerprint density at radius 1 is 1.00 bits per heavy atom. The highest BCUT2D eigenvalue weighted by Gasteiger charge is 2.38. The molecule has 0 aromatic heterocycles. The van der Waals surface area contributed by atoms with Gasteiger partial charge in [-0.2, -0.15) is 0 Å². The van der Waals surface area contributed by atoms with Crippen LogP contribution in [0.3, 0.4) is 0 Å². The Kier molecular flexibility index (Phi) is 8.16. The topological polar surface area (TPSA) is 96.7 Å². The second-order valence-corrected chi connectivity index (χ2v) is 11.5. The molecule has 4 N–H and O–H groups in total. The maximum Gasteiger partial charge on any atom is 0.248 e. The van der Waals surface area contributed by atoms with Crippen LogP contribution in [-0.4, -0.2) is 48.6 Å². The van der Waals surface area contributed by atoms with Crippen molar-refractivity contribution in [3.05, 3.63) is 95.6 Å². The summed E-state index contributed by atoms with van der Waals surface area (Å²) in [6.45, 7) is 2.81. The van der Waals surface area contributed by atoms with E-state index < -0.39 is 0 Å². The lowest BCUT2D eigenvalue weighted by atomic mass is 9.92. The Morgan fingerprint density at radius 3 is 2.46 bits per heavy atom. The Hall–Kier alpha value is -3.94. The van der Waals surface area contributed by atoms with Crippen molar-refractivity contribution < 1.29 is 14.3 Å². The summed E-state index contributed by atoms with van der Waals surface area (Å²) in [5.74, 6) is 0.182. The van der Waals surface area contributed by atoms with E-state index in [1.807, 2.05) is 48.5 Å². The maximum absolute atomic E-state index is 13.6. The predicted molar refractivity (Wildman–Crippen MR) is 164 cm³/mol. The Balaban J connectivity index is 1.11. The molecule has 2 amide bonds. The van der Waals surface area contributed by atoms with Crippen LogP contribution in [-0.2, 0) is 14.3 Å². The second kappa shape index (κ2) is 12.3. The van der Waals surface area contributed by atoms with Crippen molar-refractivity contribution in [1.29, 1.82) is 0 Å². The van der Waals surface area contributed by atoms with E-state index in [2.05, 4.69) is 27.7 Å². The maximum atomic E-state index is 13.6. The van der Waals surface area contributed by atoms with Crippen LogP contribution < -0.4 is 16.4 Å². The summed E-state index contributed by atoms with van der Waals surface area (Å²) in [7, 11) is 0. The Morgan fingerprint density at radius 2 is 1.78 bits per heavy atom. The smallest absolute Gasteiger partial charge is 0.248 e. The first-order chi connectivity index (χ1) is 20.0. The first-order valence-corrected chi connectivity index (χ1v) is 14.7. The van der Waals surface area contributed by atoms with Crippen molar-refractivity contribution in [3.8, 4) is 0 Å². The van der Waals surface area contributed by atoms with Gasteiger partial charge in [0.1, 0.15) is 0 Å². The van der Waals surface area contributed by atoms with Crippen LogP contribution in [0.15, 0.2) is 78.9 Å². The highest BCUT2D eigenvalue weighted by atomic mass is 16.5. The summed E-state index contributed by atoms with van der Waals surface area (Å²) < 4.78 is 5.75. The van der Waals surface area contributed by atoms with Gasteiger partial charge >= 0.3 is 0 Å². The van der Waals surface area contributed by atoms with Gasteiger partial charge in [0.2, 0.25) is 11.8 Å². The fourth-order valence-electron chi connectivity index (χ4n) is 5.98. The quantitative estimate of drug-likeness (QED) is 0.208. The molecule has 3 fully saturated rings. The number of ether oxygens (including phenoxy) is 1. The molecular formula is C34H38N4O3. The number of para-hydroxylation sites is 2. The number of hydrogen-bond acceptors (Lipinski definition) is 5. The monoisotopic (exact) mass is 550 g/mol. The SMILES string of the molecule is Nc1ccccc1NC(=O)/C=C/c1ccc(C(CCCN2C[C@H]3C[C@@H]2CO3)C(=O)Nc2ccc(C3CC3)cc2)cc1. The fraction of sp³-hybridized carbons (Fsp3) is 0.353. The first-order valence-electron chi connectivity index (χ1n) is 14.7. The highest BCUT2D eigenvalue weighted by Crippen LogP contribution is 2.40. The van der Waals surface area contributed by atoms with Crippen molar-refractivity contribution in [2.45, 2.75) is 56.1 Å². The van der Waals surface area contributed by atoms with E-state index in [9.17, 15) is 9.59 Å². The van der Waals surface area contributed by atoms with Crippen molar-refractivity contribution in [2.24, 2.45) is 0 Å². The highest BCUT2D eigenvalue weighted by molar-refractivity contribution is 6.03. The molecule has 0 radical (unpaired) electrons. The standard InChI is InChI=1S/C34H38N4O3/c35-31-5-1-2-6-32(31)37-33(39)18-9-23-7-10-26(11-8-23)30(4-3-19-38-21-29-20-28(38)22-41-29)34(40)36-27-16-14-25(15-17-27)24-12-13-24/h1-2,5-11,14-18,24,28-30H,3-4,12-13,19-22,35H2,(H,36,40)(H,37,39)/b18-9+/t28-,29-,30?/m1/s1. The number of nitrogens with zero attached hydrogens (tertiary/aromatic N) is 1. The second-order valence-electron chi connectivity index (χ2n) is 11.5. The van der Waals surface area contributed by atoms with Crippen LogP contribution in [0.2, 0.25) is 0 Å². The third kappa shape index (κ3) is 6.87. The number of amides is 2. The number of carbonyl (C=O) groups is 2. The number of anilines is 3. The van der Waals surface area contributed by atoms with Gasteiger partial charge in [-0.15, -0.1) is 0 Å². The molecule has 2 heterocycles. The Labute approximate surface area is 241 Å².